The van der Waals surface area contributed by atoms with Crippen molar-refractivity contribution in [3.63, 3.8) is 0 Å². The summed E-state index contributed by atoms with van der Waals surface area (Å²) in [7, 11) is -3.17. The first-order chi connectivity index (χ1) is 7.97. The average Bonchev–Trinajstić information content (AvgIpc) is 2.25. The number of halogens is 1. The van der Waals surface area contributed by atoms with Gasteiger partial charge in [0.25, 0.3) is 0 Å². The van der Waals surface area contributed by atoms with Crippen molar-refractivity contribution in [3.8, 4) is 0 Å². The quantitative estimate of drug-likeness (QED) is 0.557. The molecule has 1 unspecified atom stereocenters. The Kier molecular flexibility index (Phi) is 8.97. The Bertz CT molecular complexity index is 345. The zero-order chi connectivity index (χ0) is 12.7. The van der Waals surface area contributed by atoms with Crippen molar-refractivity contribution in [1.29, 1.82) is 0 Å². The number of sulfonamides is 1. The number of carbonyl (C=O) groups excluding carboxylic acids is 1. The fourth-order valence-electron chi connectivity index (χ4n) is 1.49. The number of amides is 1. The van der Waals surface area contributed by atoms with Crippen LogP contribution >= 0.6 is 24.2 Å². The van der Waals surface area contributed by atoms with Crippen LogP contribution in [0.1, 0.15) is 6.42 Å². The van der Waals surface area contributed by atoms with Gasteiger partial charge in [0.2, 0.25) is 15.9 Å². The van der Waals surface area contributed by atoms with Crippen LogP contribution in [0.15, 0.2) is 0 Å². The van der Waals surface area contributed by atoms with Crippen LogP contribution in [0.2, 0.25) is 0 Å². The van der Waals surface area contributed by atoms with E-state index in [-0.39, 0.29) is 30.9 Å². The first-order valence-corrected chi connectivity index (χ1v) is 8.54. The highest BCUT2D eigenvalue weighted by molar-refractivity contribution is 7.99. The fourth-order valence-corrected chi connectivity index (χ4v) is 2.91. The number of rotatable bonds is 6. The summed E-state index contributed by atoms with van der Waals surface area (Å²) in [5, 5.41) is 5.96. The molecule has 1 saturated heterocycles. The van der Waals surface area contributed by atoms with E-state index in [0.717, 1.165) is 24.3 Å². The Morgan fingerprint density at radius 1 is 1.44 bits per heavy atom. The van der Waals surface area contributed by atoms with Crippen LogP contribution in [0.4, 0.5) is 0 Å². The molecule has 0 spiro atoms. The van der Waals surface area contributed by atoms with E-state index in [9.17, 15) is 13.2 Å². The predicted molar refractivity (Wildman–Crippen MR) is 76.8 cm³/mol. The van der Waals surface area contributed by atoms with Crippen LogP contribution in [-0.2, 0) is 14.8 Å². The molecule has 1 amide bonds. The minimum Gasteiger partial charge on any atom is -0.355 e. The van der Waals surface area contributed by atoms with E-state index in [1.165, 1.54) is 0 Å². The van der Waals surface area contributed by atoms with E-state index in [4.69, 9.17) is 0 Å². The van der Waals surface area contributed by atoms with Gasteiger partial charge in [-0.15, -0.1) is 12.4 Å². The van der Waals surface area contributed by atoms with Gasteiger partial charge < -0.3 is 10.6 Å². The molecule has 3 N–H and O–H groups in total. The highest BCUT2D eigenvalue weighted by atomic mass is 35.5. The van der Waals surface area contributed by atoms with E-state index in [1.54, 1.807) is 0 Å². The van der Waals surface area contributed by atoms with Crippen molar-refractivity contribution >= 4 is 40.1 Å². The zero-order valence-electron chi connectivity index (χ0n) is 10.3. The molecular weight excluding hydrogens is 298 g/mol. The standard InChI is InChI=1S/C9H19N3O3S2.ClH/c1-17(14,15)12-3-2-11-9(13)6-8-7-16-5-4-10-8;/h8,10,12H,2-7H2,1H3,(H,11,13);1H. The van der Waals surface area contributed by atoms with Gasteiger partial charge in [-0.1, -0.05) is 0 Å². The molecule has 1 atom stereocenters. The van der Waals surface area contributed by atoms with Crippen molar-refractivity contribution < 1.29 is 13.2 Å². The topological polar surface area (TPSA) is 87.3 Å². The maximum absolute atomic E-state index is 11.5. The lowest BCUT2D eigenvalue weighted by molar-refractivity contribution is -0.121. The summed E-state index contributed by atoms with van der Waals surface area (Å²) >= 11 is 1.84. The Morgan fingerprint density at radius 2 is 2.17 bits per heavy atom. The molecule has 0 aromatic heterocycles. The van der Waals surface area contributed by atoms with Gasteiger partial charge in [0.05, 0.1) is 6.26 Å². The monoisotopic (exact) mass is 317 g/mol. The van der Waals surface area contributed by atoms with Gasteiger partial charge in [0.1, 0.15) is 0 Å². The summed E-state index contributed by atoms with van der Waals surface area (Å²) in [6, 6.07) is 0.233. The van der Waals surface area contributed by atoms with Crippen LogP contribution < -0.4 is 15.4 Å². The zero-order valence-corrected chi connectivity index (χ0v) is 12.7. The van der Waals surface area contributed by atoms with Crippen LogP contribution in [0, 0.1) is 0 Å². The molecular formula is C9H20ClN3O3S2. The average molecular weight is 318 g/mol. The molecule has 18 heavy (non-hydrogen) atoms. The van der Waals surface area contributed by atoms with Crippen molar-refractivity contribution in [2.24, 2.45) is 0 Å². The first kappa shape index (κ1) is 18.0. The molecule has 1 heterocycles. The summed E-state index contributed by atoms with van der Waals surface area (Å²) in [5.41, 5.74) is 0. The van der Waals surface area contributed by atoms with E-state index in [0.29, 0.717) is 13.0 Å². The Hall–Kier alpha value is -0.0200. The summed E-state index contributed by atoms with van der Waals surface area (Å²) in [6.07, 6.45) is 1.55. The second-order valence-electron chi connectivity index (χ2n) is 3.95. The van der Waals surface area contributed by atoms with Gasteiger partial charge in [-0.2, -0.15) is 11.8 Å². The van der Waals surface area contributed by atoms with Crippen LogP contribution in [0.5, 0.6) is 0 Å². The molecule has 108 valence electrons. The Balaban J connectivity index is 0.00000289. The third kappa shape index (κ3) is 8.98. The third-order valence-electron chi connectivity index (χ3n) is 2.24. The molecule has 0 aromatic rings. The Morgan fingerprint density at radius 3 is 2.72 bits per heavy atom. The van der Waals surface area contributed by atoms with Crippen LogP contribution in [0.3, 0.4) is 0 Å². The largest absolute Gasteiger partial charge is 0.355 e. The lowest BCUT2D eigenvalue weighted by Gasteiger charge is -2.22. The van der Waals surface area contributed by atoms with Gasteiger partial charge in [0.15, 0.2) is 0 Å². The molecule has 0 aliphatic carbocycles. The number of nitrogens with one attached hydrogen (secondary N) is 3. The molecule has 1 rings (SSSR count). The smallest absolute Gasteiger partial charge is 0.221 e. The minimum absolute atomic E-state index is 0. The molecule has 0 saturated carbocycles. The van der Waals surface area contributed by atoms with Gasteiger partial charge in [-0.3, -0.25) is 4.79 Å². The maximum Gasteiger partial charge on any atom is 0.221 e. The highest BCUT2D eigenvalue weighted by Gasteiger charge is 2.16. The summed E-state index contributed by atoms with van der Waals surface area (Å²) < 4.78 is 23.8. The molecule has 0 aromatic carbocycles. The molecule has 0 radical (unpaired) electrons. The molecule has 1 aliphatic heterocycles. The highest BCUT2D eigenvalue weighted by Crippen LogP contribution is 2.09. The van der Waals surface area contributed by atoms with Crippen molar-refractivity contribution in [2.45, 2.75) is 12.5 Å². The summed E-state index contributed by atoms with van der Waals surface area (Å²) in [4.78, 5) is 11.5. The summed E-state index contributed by atoms with van der Waals surface area (Å²) in [6.45, 7) is 1.50. The molecule has 1 aliphatic rings. The fraction of sp³-hybridized carbons (Fsp3) is 0.889. The Labute approximate surface area is 119 Å². The lowest BCUT2D eigenvalue weighted by Crippen LogP contribution is -2.42. The first-order valence-electron chi connectivity index (χ1n) is 5.50. The third-order valence-corrected chi connectivity index (χ3v) is 4.10. The lowest BCUT2D eigenvalue weighted by atomic mass is 10.2. The maximum atomic E-state index is 11.5. The SMILES string of the molecule is CS(=O)(=O)NCCNC(=O)CC1CSCCN1.Cl. The van der Waals surface area contributed by atoms with Crippen LogP contribution in [-0.4, -0.2) is 57.8 Å². The number of hydrogen-bond acceptors (Lipinski definition) is 5. The van der Waals surface area contributed by atoms with E-state index in [1.807, 2.05) is 11.8 Å². The minimum atomic E-state index is -3.17. The van der Waals surface area contributed by atoms with E-state index < -0.39 is 10.0 Å². The van der Waals surface area contributed by atoms with Crippen molar-refractivity contribution in [2.75, 3.05) is 37.4 Å². The molecule has 1 fully saturated rings. The number of carbonyl (C=O) groups is 1. The van der Waals surface area contributed by atoms with Gasteiger partial charge in [0, 0.05) is 43.6 Å². The molecule has 6 nitrogen and oxygen atoms in total. The number of hydrogen-bond donors (Lipinski definition) is 3. The normalized spacial score (nSPS) is 19.9. The van der Waals surface area contributed by atoms with E-state index >= 15 is 0 Å². The predicted octanol–water partition coefficient (Wildman–Crippen LogP) is -0.831. The van der Waals surface area contributed by atoms with E-state index in [2.05, 4.69) is 15.4 Å². The van der Waals surface area contributed by atoms with Gasteiger partial charge in [-0.05, 0) is 0 Å². The van der Waals surface area contributed by atoms with Gasteiger partial charge in [-0.25, -0.2) is 13.1 Å². The van der Waals surface area contributed by atoms with Crippen molar-refractivity contribution in [1.82, 2.24) is 15.4 Å². The molecule has 0 bridgehead atoms. The second-order valence-corrected chi connectivity index (χ2v) is 6.93. The van der Waals surface area contributed by atoms with Crippen molar-refractivity contribution in [3.05, 3.63) is 0 Å². The molecule has 9 heteroatoms. The van der Waals surface area contributed by atoms with Gasteiger partial charge >= 0.3 is 0 Å². The summed E-state index contributed by atoms with van der Waals surface area (Å²) in [5.74, 6) is 2.01. The number of thioether (sulfide) groups is 1. The second kappa shape index (κ2) is 8.98. The van der Waals surface area contributed by atoms with Crippen LogP contribution in [0.25, 0.3) is 0 Å².